The van der Waals surface area contributed by atoms with Crippen LogP contribution in [0.3, 0.4) is 0 Å². The molecule has 0 saturated carbocycles. The van der Waals surface area contributed by atoms with E-state index in [-0.39, 0.29) is 0 Å². The summed E-state index contributed by atoms with van der Waals surface area (Å²) in [5.41, 5.74) is 1.71. The second-order valence-corrected chi connectivity index (χ2v) is 4.14. The van der Waals surface area contributed by atoms with Gasteiger partial charge in [-0.2, -0.15) is 5.26 Å². The molecule has 0 atom stereocenters. The monoisotopic (exact) mass is 203 g/mol. The SMILES string of the molecule is Cc1ccc(OCCC(C)C)c(C#N)c1. The first-order chi connectivity index (χ1) is 7.13. The highest BCUT2D eigenvalue weighted by Crippen LogP contribution is 2.19. The number of rotatable bonds is 4. The van der Waals surface area contributed by atoms with E-state index in [2.05, 4.69) is 19.9 Å². The fraction of sp³-hybridized carbons (Fsp3) is 0.462. The van der Waals surface area contributed by atoms with Crippen LogP contribution in [0.2, 0.25) is 0 Å². The van der Waals surface area contributed by atoms with E-state index >= 15 is 0 Å². The summed E-state index contributed by atoms with van der Waals surface area (Å²) in [7, 11) is 0. The molecule has 2 heteroatoms. The molecule has 1 aromatic carbocycles. The average Bonchev–Trinajstić information content (AvgIpc) is 2.19. The van der Waals surface area contributed by atoms with E-state index in [1.165, 1.54) is 0 Å². The van der Waals surface area contributed by atoms with Crippen molar-refractivity contribution in [2.45, 2.75) is 27.2 Å². The zero-order valence-electron chi connectivity index (χ0n) is 9.58. The van der Waals surface area contributed by atoms with Crippen LogP contribution in [0.15, 0.2) is 18.2 Å². The Morgan fingerprint density at radius 3 is 2.73 bits per heavy atom. The summed E-state index contributed by atoms with van der Waals surface area (Å²) in [5.74, 6) is 1.32. The highest BCUT2D eigenvalue weighted by Gasteiger charge is 2.03. The van der Waals surface area contributed by atoms with Gasteiger partial charge in [0.05, 0.1) is 12.2 Å². The fourth-order valence-corrected chi connectivity index (χ4v) is 1.26. The summed E-state index contributed by atoms with van der Waals surface area (Å²) >= 11 is 0. The van der Waals surface area contributed by atoms with E-state index in [1.807, 2.05) is 25.1 Å². The number of hydrogen-bond donors (Lipinski definition) is 0. The van der Waals surface area contributed by atoms with Gasteiger partial charge in [-0.05, 0) is 37.0 Å². The van der Waals surface area contributed by atoms with Gasteiger partial charge in [0.1, 0.15) is 11.8 Å². The molecule has 0 saturated heterocycles. The van der Waals surface area contributed by atoms with Crippen LogP contribution in [0.1, 0.15) is 31.4 Å². The largest absolute Gasteiger partial charge is 0.492 e. The van der Waals surface area contributed by atoms with Crippen molar-refractivity contribution < 1.29 is 4.74 Å². The molecular formula is C13H17NO. The van der Waals surface area contributed by atoms with E-state index < -0.39 is 0 Å². The van der Waals surface area contributed by atoms with Crippen molar-refractivity contribution in [3.63, 3.8) is 0 Å². The minimum atomic E-state index is 0.624. The Bertz CT molecular complexity index is 363. The van der Waals surface area contributed by atoms with Gasteiger partial charge in [0.15, 0.2) is 0 Å². The van der Waals surface area contributed by atoms with Crippen LogP contribution in [0.4, 0.5) is 0 Å². The van der Waals surface area contributed by atoms with Crippen LogP contribution in [0.25, 0.3) is 0 Å². The summed E-state index contributed by atoms with van der Waals surface area (Å²) in [6.07, 6.45) is 1.01. The first kappa shape index (κ1) is 11.6. The standard InChI is InChI=1S/C13H17NO/c1-10(2)6-7-15-13-5-4-11(3)8-12(13)9-14/h4-5,8,10H,6-7H2,1-3H3. The summed E-state index contributed by atoms with van der Waals surface area (Å²) in [5, 5.41) is 8.92. The van der Waals surface area contributed by atoms with Crippen LogP contribution in [0.5, 0.6) is 5.75 Å². The predicted octanol–water partition coefficient (Wildman–Crippen LogP) is 3.29. The van der Waals surface area contributed by atoms with E-state index in [0.29, 0.717) is 23.8 Å². The smallest absolute Gasteiger partial charge is 0.137 e. The predicted molar refractivity (Wildman–Crippen MR) is 60.8 cm³/mol. The van der Waals surface area contributed by atoms with Gasteiger partial charge in [-0.15, -0.1) is 0 Å². The molecule has 0 bridgehead atoms. The Balaban J connectivity index is 2.65. The van der Waals surface area contributed by atoms with Crippen molar-refractivity contribution in [3.8, 4) is 11.8 Å². The average molecular weight is 203 g/mol. The van der Waals surface area contributed by atoms with Gasteiger partial charge >= 0.3 is 0 Å². The molecular weight excluding hydrogens is 186 g/mol. The molecule has 1 rings (SSSR count). The number of ether oxygens (including phenoxy) is 1. The van der Waals surface area contributed by atoms with E-state index in [1.54, 1.807) is 0 Å². The first-order valence-corrected chi connectivity index (χ1v) is 5.27. The Hall–Kier alpha value is -1.49. The molecule has 0 aliphatic rings. The van der Waals surface area contributed by atoms with Crippen LogP contribution >= 0.6 is 0 Å². The first-order valence-electron chi connectivity index (χ1n) is 5.27. The molecule has 0 fully saturated rings. The summed E-state index contributed by atoms with van der Waals surface area (Å²) in [4.78, 5) is 0. The summed E-state index contributed by atoms with van der Waals surface area (Å²) < 4.78 is 5.57. The van der Waals surface area contributed by atoms with Gasteiger partial charge in [-0.25, -0.2) is 0 Å². The highest BCUT2D eigenvalue weighted by molar-refractivity contribution is 5.45. The number of hydrogen-bond acceptors (Lipinski definition) is 2. The molecule has 15 heavy (non-hydrogen) atoms. The van der Waals surface area contributed by atoms with Crippen LogP contribution in [0, 0.1) is 24.2 Å². The van der Waals surface area contributed by atoms with Crippen molar-refractivity contribution in [3.05, 3.63) is 29.3 Å². The van der Waals surface area contributed by atoms with Crippen molar-refractivity contribution in [1.82, 2.24) is 0 Å². The van der Waals surface area contributed by atoms with E-state index in [4.69, 9.17) is 10.00 Å². The third kappa shape index (κ3) is 3.63. The fourth-order valence-electron chi connectivity index (χ4n) is 1.26. The molecule has 0 N–H and O–H groups in total. The van der Waals surface area contributed by atoms with Crippen molar-refractivity contribution in [2.24, 2.45) is 5.92 Å². The van der Waals surface area contributed by atoms with Gasteiger partial charge in [-0.1, -0.05) is 19.9 Å². The number of nitriles is 1. The topological polar surface area (TPSA) is 33.0 Å². The Labute approximate surface area is 91.5 Å². The van der Waals surface area contributed by atoms with Crippen molar-refractivity contribution in [2.75, 3.05) is 6.61 Å². The number of benzene rings is 1. The second kappa shape index (κ2) is 5.41. The molecule has 0 radical (unpaired) electrons. The molecule has 0 spiro atoms. The zero-order chi connectivity index (χ0) is 11.3. The second-order valence-electron chi connectivity index (χ2n) is 4.14. The maximum absolute atomic E-state index is 8.92. The van der Waals surface area contributed by atoms with Crippen LogP contribution in [-0.2, 0) is 0 Å². The summed E-state index contributed by atoms with van der Waals surface area (Å²) in [6.45, 7) is 6.96. The maximum Gasteiger partial charge on any atom is 0.137 e. The van der Waals surface area contributed by atoms with Crippen molar-refractivity contribution in [1.29, 1.82) is 5.26 Å². The van der Waals surface area contributed by atoms with Gasteiger partial charge < -0.3 is 4.74 Å². The van der Waals surface area contributed by atoms with Gasteiger partial charge in [-0.3, -0.25) is 0 Å². The molecule has 80 valence electrons. The van der Waals surface area contributed by atoms with E-state index in [9.17, 15) is 0 Å². The highest BCUT2D eigenvalue weighted by atomic mass is 16.5. The van der Waals surface area contributed by atoms with Crippen LogP contribution < -0.4 is 4.74 Å². The Kier molecular flexibility index (Phi) is 4.17. The lowest BCUT2D eigenvalue weighted by molar-refractivity contribution is 0.289. The van der Waals surface area contributed by atoms with Gasteiger partial charge in [0.2, 0.25) is 0 Å². The third-order valence-corrected chi connectivity index (χ3v) is 2.21. The Morgan fingerprint density at radius 1 is 1.40 bits per heavy atom. The normalized spacial score (nSPS) is 10.1. The maximum atomic E-state index is 8.92. The molecule has 0 unspecified atom stereocenters. The van der Waals surface area contributed by atoms with Gasteiger partial charge in [0, 0.05) is 0 Å². The molecule has 1 aromatic rings. The summed E-state index contributed by atoms with van der Waals surface area (Å²) in [6, 6.07) is 7.83. The lowest BCUT2D eigenvalue weighted by Crippen LogP contribution is -2.02. The minimum Gasteiger partial charge on any atom is -0.492 e. The third-order valence-electron chi connectivity index (χ3n) is 2.21. The molecule has 0 aliphatic carbocycles. The molecule has 0 aromatic heterocycles. The lowest BCUT2D eigenvalue weighted by Gasteiger charge is -2.09. The van der Waals surface area contributed by atoms with Gasteiger partial charge in [0.25, 0.3) is 0 Å². The number of aryl methyl sites for hydroxylation is 1. The quantitative estimate of drug-likeness (QED) is 0.752. The van der Waals surface area contributed by atoms with Crippen molar-refractivity contribution >= 4 is 0 Å². The zero-order valence-corrected chi connectivity index (χ0v) is 9.58. The number of nitrogens with zero attached hydrogens (tertiary/aromatic N) is 1. The molecule has 2 nitrogen and oxygen atoms in total. The molecule has 0 aliphatic heterocycles. The molecule has 0 amide bonds. The lowest BCUT2D eigenvalue weighted by atomic mass is 10.1. The Morgan fingerprint density at radius 2 is 2.13 bits per heavy atom. The van der Waals surface area contributed by atoms with Crippen LogP contribution in [-0.4, -0.2) is 6.61 Å². The molecule has 0 heterocycles. The van der Waals surface area contributed by atoms with E-state index in [0.717, 1.165) is 12.0 Å². The minimum absolute atomic E-state index is 0.624.